The summed E-state index contributed by atoms with van der Waals surface area (Å²) in [6.07, 6.45) is 6.71. The highest BCUT2D eigenvalue weighted by molar-refractivity contribution is 6.07. The predicted molar refractivity (Wildman–Crippen MR) is 136 cm³/mol. The Labute approximate surface area is 204 Å². The molecule has 1 aliphatic heterocycles. The number of likely N-dealkylation sites (tertiary alicyclic amines) is 1. The SMILES string of the molecule is C=C(C)/C=C\C(=NC)Nc1ncnc2ccc(Oc3ccc(OCCN4CC[C@@H](F)C4)cn3)cc12. The van der Waals surface area contributed by atoms with Gasteiger partial charge in [0.2, 0.25) is 5.88 Å². The second-order valence-corrected chi connectivity index (χ2v) is 8.28. The number of amidine groups is 1. The maximum Gasteiger partial charge on any atom is 0.219 e. The molecule has 0 bridgehead atoms. The summed E-state index contributed by atoms with van der Waals surface area (Å²) in [6, 6.07) is 9.10. The number of pyridine rings is 1. The lowest BCUT2D eigenvalue weighted by molar-refractivity contribution is 0.224. The molecule has 0 unspecified atom stereocenters. The number of halogens is 1. The maximum absolute atomic E-state index is 13.3. The van der Waals surface area contributed by atoms with Crippen LogP contribution < -0.4 is 14.8 Å². The van der Waals surface area contributed by atoms with Gasteiger partial charge in [0.1, 0.15) is 42.3 Å². The lowest BCUT2D eigenvalue weighted by Crippen LogP contribution is -2.26. The second kappa shape index (κ2) is 11.5. The first kappa shape index (κ1) is 24.3. The van der Waals surface area contributed by atoms with E-state index in [4.69, 9.17) is 9.47 Å². The summed E-state index contributed by atoms with van der Waals surface area (Å²) in [5.41, 5.74) is 1.68. The van der Waals surface area contributed by atoms with Gasteiger partial charge in [-0.2, -0.15) is 0 Å². The van der Waals surface area contributed by atoms with Gasteiger partial charge in [-0.05, 0) is 43.7 Å². The van der Waals surface area contributed by atoms with Crippen LogP contribution in [0.4, 0.5) is 10.2 Å². The zero-order valence-electron chi connectivity index (χ0n) is 19.9. The molecule has 1 N–H and O–H groups in total. The molecule has 0 saturated carbocycles. The van der Waals surface area contributed by atoms with Crippen molar-refractivity contribution < 1.29 is 13.9 Å². The number of benzene rings is 1. The fraction of sp³-hybridized carbons (Fsp3) is 0.308. The van der Waals surface area contributed by atoms with Gasteiger partial charge in [-0.15, -0.1) is 0 Å². The van der Waals surface area contributed by atoms with Gasteiger partial charge in [-0.25, -0.2) is 19.3 Å². The number of nitrogens with one attached hydrogen (secondary N) is 1. The van der Waals surface area contributed by atoms with Gasteiger partial charge in [0.05, 0.1) is 11.7 Å². The van der Waals surface area contributed by atoms with Crippen LogP contribution in [-0.4, -0.2) is 65.1 Å². The van der Waals surface area contributed by atoms with Crippen LogP contribution in [0.2, 0.25) is 0 Å². The molecule has 1 aliphatic rings. The number of rotatable bonds is 9. The molecule has 1 atom stereocenters. The topological polar surface area (TPSA) is 84.8 Å². The zero-order chi connectivity index (χ0) is 24.6. The van der Waals surface area contributed by atoms with Crippen molar-refractivity contribution in [2.75, 3.05) is 38.6 Å². The van der Waals surface area contributed by atoms with E-state index in [-0.39, 0.29) is 0 Å². The minimum atomic E-state index is -0.721. The number of nitrogens with zero attached hydrogens (tertiary/aromatic N) is 5. The highest BCUT2D eigenvalue weighted by Crippen LogP contribution is 2.28. The molecule has 0 amide bonds. The normalized spacial score (nSPS) is 16.7. The van der Waals surface area contributed by atoms with E-state index in [1.54, 1.807) is 25.4 Å². The molecule has 1 saturated heterocycles. The Morgan fingerprint density at radius 3 is 2.80 bits per heavy atom. The molecule has 4 rings (SSSR count). The fourth-order valence-electron chi connectivity index (χ4n) is 3.63. The summed E-state index contributed by atoms with van der Waals surface area (Å²) >= 11 is 0. The largest absolute Gasteiger partial charge is 0.491 e. The van der Waals surface area contributed by atoms with Crippen molar-refractivity contribution in [1.82, 2.24) is 19.9 Å². The Hall–Kier alpha value is -3.85. The first-order valence-electron chi connectivity index (χ1n) is 11.5. The smallest absolute Gasteiger partial charge is 0.219 e. The first-order chi connectivity index (χ1) is 17.0. The molecule has 0 radical (unpaired) electrons. The van der Waals surface area contributed by atoms with Gasteiger partial charge in [-0.1, -0.05) is 18.2 Å². The van der Waals surface area contributed by atoms with Crippen LogP contribution in [0.1, 0.15) is 13.3 Å². The third-order valence-electron chi connectivity index (χ3n) is 5.44. The second-order valence-electron chi connectivity index (χ2n) is 8.28. The van der Waals surface area contributed by atoms with Gasteiger partial charge < -0.3 is 14.8 Å². The Bertz CT molecular complexity index is 1230. The van der Waals surface area contributed by atoms with Crippen LogP contribution >= 0.6 is 0 Å². The van der Waals surface area contributed by atoms with E-state index in [1.165, 1.54) is 6.33 Å². The number of ether oxygens (including phenoxy) is 2. The van der Waals surface area contributed by atoms with E-state index in [0.29, 0.717) is 55.1 Å². The summed E-state index contributed by atoms with van der Waals surface area (Å²) in [5, 5.41) is 4.01. The number of anilines is 1. The van der Waals surface area contributed by atoms with Crippen molar-refractivity contribution in [3.05, 3.63) is 67.2 Å². The van der Waals surface area contributed by atoms with Gasteiger partial charge in [-0.3, -0.25) is 9.89 Å². The van der Waals surface area contributed by atoms with E-state index in [2.05, 4.69) is 36.7 Å². The molecule has 2 aromatic heterocycles. The minimum Gasteiger partial charge on any atom is -0.491 e. The molecule has 182 valence electrons. The maximum atomic E-state index is 13.3. The van der Waals surface area contributed by atoms with Crippen LogP contribution in [0.5, 0.6) is 17.4 Å². The highest BCUT2D eigenvalue weighted by Gasteiger charge is 2.21. The van der Waals surface area contributed by atoms with E-state index in [1.807, 2.05) is 37.3 Å². The van der Waals surface area contributed by atoms with Gasteiger partial charge >= 0.3 is 0 Å². The molecule has 0 spiro atoms. The third kappa shape index (κ3) is 6.83. The Morgan fingerprint density at radius 1 is 1.23 bits per heavy atom. The van der Waals surface area contributed by atoms with Gasteiger partial charge in [0, 0.05) is 38.1 Å². The van der Waals surface area contributed by atoms with E-state index in [9.17, 15) is 4.39 Å². The van der Waals surface area contributed by atoms with Crippen molar-refractivity contribution in [1.29, 1.82) is 0 Å². The van der Waals surface area contributed by atoms with Crippen molar-refractivity contribution in [2.45, 2.75) is 19.5 Å². The summed E-state index contributed by atoms with van der Waals surface area (Å²) in [4.78, 5) is 19.4. The summed E-state index contributed by atoms with van der Waals surface area (Å²) in [6.45, 7) is 8.23. The molecule has 0 aliphatic carbocycles. The van der Waals surface area contributed by atoms with Crippen LogP contribution in [0.3, 0.4) is 0 Å². The number of hydrogen-bond donors (Lipinski definition) is 1. The van der Waals surface area contributed by atoms with Gasteiger partial charge in [0.25, 0.3) is 0 Å². The van der Waals surface area contributed by atoms with E-state index in [0.717, 1.165) is 23.0 Å². The number of aliphatic imine (C=N–C) groups is 1. The van der Waals surface area contributed by atoms with Crippen LogP contribution in [0.25, 0.3) is 10.9 Å². The summed E-state index contributed by atoms with van der Waals surface area (Å²) < 4.78 is 24.9. The third-order valence-corrected chi connectivity index (χ3v) is 5.44. The molecule has 1 aromatic carbocycles. The summed E-state index contributed by atoms with van der Waals surface area (Å²) in [7, 11) is 1.70. The number of hydrogen-bond acceptors (Lipinski definition) is 7. The predicted octanol–water partition coefficient (Wildman–Crippen LogP) is 4.81. The van der Waals surface area contributed by atoms with Gasteiger partial charge in [0.15, 0.2) is 0 Å². The first-order valence-corrected chi connectivity index (χ1v) is 11.5. The molecule has 35 heavy (non-hydrogen) atoms. The fourth-order valence-corrected chi connectivity index (χ4v) is 3.63. The zero-order valence-corrected chi connectivity index (χ0v) is 19.9. The van der Waals surface area contributed by atoms with Crippen molar-refractivity contribution >= 4 is 22.6 Å². The van der Waals surface area contributed by atoms with Crippen LogP contribution in [-0.2, 0) is 0 Å². The monoisotopic (exact) mass is 476 g/mol. The van der Waals surface area contributed by atoms with E-state index < -0.39 is 6.17 Å². The lowest BCUT2D eigenvalue weighted by atomic mass is 10.2. The Balaban J connectivity index is 1.40. The van der Waals surface area contributed by atoms with Crippen molar-refractivity contribution in [3.63, 3.8) is 0 Å². The lowest BCUT2D eigenvalue weighted by Gasteiger charge is -2.15. The standard InChI is InChI=1S/C26H29FN6O2/c1-18(2)4-8-24(28-3)32-26-22-14-20(5-7-23(22)30-17-31-26)35-25-9-6-21(15-29-25)34-13-12-33-11-10-19(27)16-33/h4-9,14-15,17,19H,1,10-13,16H2,2-3H3,(H,28,30,31,32)/b8-4-/t19-/m1/s1. The molecule has 8 nitrogen and oxygen atoms in total. The molecule has 9 heteroatoms. The minimum absolute atomic E-state index is 0.433. The Morgan fingerprint density at radius 2 is 2.09 bits per heavy atom. The molecule has 3 heterocycles. The van der Waals surface area contributed by atoms with Crippen molar-refractivity contribution in [2.24, 2.45) is 4.99 Å². The number of alkyl halides is 1. The van der Waals surface area contributed by atoms with Crippen LogP contribution in [0.15, 0.2) is 72.2 Å². The molecular formula is C26H29FN6O2. The Kier molecular flexibility index (Phi) is 7.99. The molecular weight excluding hydrogens is 447 g/mol. The molecule has 1 fully saturated rings. The average molecular weight is 477 g/mol. The van der Waals surface area contributed by atoms with E-state index >= 15 is 0 Å². The molecule has 3 aromatic rings. The van der Waals surface area contributed by atoms with Crippen LogP contribution in [0, 0.1) is 0 Å². The number of aromatic nitrogens is 3. The quantitative estimate of drug-likeness (QED) is 0.269. The average Bonchev–Trinajstić information content (AvgIpc) is 3.27. The number of fused-ring (bicyclic) bond motifs is 1. The summed E-state index contributed by atoms with van der Waals surface area (Å²) in [5.74, 6) is 2.93. The van der Waals surface area contributed by atoms with Crippen molar-refractivity contribution in [3.8, 4) is 17.4 Å². The highest BCUT2D eigenvalue weighted by atomic mass is 19.1. The number of allylic oxidation sites excluding steroid dienone is 2.